The Balaban J connectivity index is 1.63. The van der Waals surface area contributed by atoms with Crippen molar-refractivity contribution in [3.63, 3.8) is 0 Å². The molecular formula is C23H28FN3O3. The second-order valence-electron chi connectivity index (χ2n) is 9.17. The SMILES string of the molecule is Cc1c(N2CCCC(C3CCNC3)C2)c(F)cn2c(=O)c(C(=O)O)cc(C3CC3)c12. The van der Waals surface area contributed by atoms with Gasteiger partial charge in [-0.25, -0.2) is 9.18 Å². The Morgan fingerprint density at radius 1 is 1.23 bits per heavy atom. The second kappa shape index (κ2) is 7.38. The quantitative estimate of drug-likeness (QED) is 0.806. The number of anilines is 1. The van der Waals surface area contributed by atoms with Crippen molar-refractivity contribution in [3.8, 4) is 0 Å². The lowest BCUT2D eigenvalue weighted by Crippen LogP contribution is -2.40. The Bertz CT molecular complexity index is 1070. The second-order valence-corrected chi connectivity index (χ2v) is 9.17. The van der Waals surface area contributed by atoms with Gasteiger partial charge >= 0.3 is 5.97 Å². The van der Waals surface area contributed by atoms with Crippen LogP contribution in [-0.4, -0.2) is 41.7 Å². The molecule has 2 aromatic heterocycles. The first-order valence-corrected chi connectivity index (χ1v) is 11.0. The van der Waals surface area contributed by atoms with E-state index >= 15 is 4.39 Å². The van der Waals surface area contributed by atoms with Crippen LogP contribution in [0.25, 0.3) is 5.52 Å². The summed E-state index contributed by atoms with van der Waals surface area (Å²) >= 11 is 0. The Hall–Kier alpha value is -2.41. The number of carbonyl (C=O) groups is 1. The minimum Gasteiger partial charge on any atom is -0.477 e. The summed E-state index contributed by atoms with van der Waals surface area (Å²) in [6, 6.07) is 1.52. The number of hydrogen-bond acceptors (Lipinski definition) is 4. The van der Waals surface area contributed by atoms with Crippen molar-refractivity contribution in [2.45, 2.75) is 44.9 Å². The number of hydrogen-bond donors (Lipinski definition) is 2. The van der Waals surface area contributed by atoms with Crippen LogP contribution in [0.2, 0.25) is 0 Å². The number of fused-ring (bicyclic) bond motifs is 1. The summed E-state index contributed by atoms with van der Waals surface area (Å²) < 4.78 is 16.6. The van der Waals surface area contributed by atoms with Crippen LogP contribution in [0.15, 0.2) is 17.1 Å². The van der Waals surface area contributed by atoms with Crippen LogP contribution in [0.1, 0.15) is 59.5 Å². The Labute approximate surface area is 174 Å². The topological polar surface area (TPSA) is 74.0 Å². The highest BCUT2D eigenvalue weighted by atomic mass is 19.1. The maximum absolute atomic E-state index is 15.4. The van der Waals surface area contributed by atoms with Crippen molar-refractivity contribution in [2.75, 3.05) is 31.1 Å². The summed E-state index contributed by atoms with van der Waals surface area (Å²) in [7, 11) is 0. The predicted molar refractivity (Wildman–Crippen MR) is 113 cm³/mol. The molecule has 160 valence electrons. The summed E-state index contributed by atoms with van der Waals surface area (Å²) in [5, 5.41) is 12.9. The minimum absolute atomic E-state index is 0.245. The van der Waals surface area contributed by atoms with Crippen LogP contribution in [0, 0.1) is 24.6 Å². The van der Waals surface area contributed by atoms with E-state index in [1.165, 1.54) is 29.5 Å². The lowest BCUT2D eigenvalue weighted by atomic mass is 9.84. The van der Waals surface area contributed by atoms with Gasteiger partial charge in [-0.15, -0.1) is 0 Å². The molecule has 6 nitrogen and oxygen atoms in total. The van der Waals surface area contributed by atoms with Gasteiger partial charge in [0.25, 0.3) is 5.56 Å². The fourth-order valence-electron chi connectivity index (χ4n) is 5.57. The number of pyridine rings is 2. The summed E-state index contributed by atoms with van der Waals surface area (Å²) in [6.07, 6.45) is 6.53. The molecule has 0 radical (unpaired) electrons. The number of carboxylic acid groups (broad SMARTS) is 1. The fourth-order valence-corrected chi connectivity index (χ4v) is 5.57. The lowest BCUT2D eigenvalue weighted by molar-refractivity contribution is 0.0694. The fraction of sp³-hybridized carbons (Fsp3) is 0.565. The smallest absolute Gasteiger partial charge is 0.341 e. The molecule has 3 aliphatic rings. The van der Waals surface area contributed by atoms with E-state index in [4.69, 9.17) is 0 Å². The van der Waals surface area contributed by atoms with E-state index in [1.54, 1.807) is 0 Å². The normalized spacial score (nSPS) is 24.5. The van der Waals surface area contributed by atoms with Crippen LogP contribution in [-0.2, 0) is 0 Å². The van der Waals surface area contributed by atoms with Gasteiger partial charge in [-0.2, -0.15) is 0 Å². The van der Waals surface area contributed by atoms with Crippen molar-refractivity contribution >= 4 is 17.2 Å². The summed E-state index contributed by atoms with van der Waals surface area (Å²) in [5.41, 5.74) is 1.93. The van der Waals surface area contributed by atoms with Crippen molar-refractivity contribution < 1.29 is 14.3 Å². The van der Waals surface area contributed by atoms with Gasteiger partial charge in [-0.05, 0) is 87.1 Å². The van der Waals surface area contributed by atoms with Gasteiger partial charge < -0.3 is 15.3 Å². The van der Waals surface area contributed by atoms with Gasteiger partial charge in [0.05, 0.1) is 17.4 Å². The number of rotatable bonds is 4. The standard InChI is InChI=1S/C23H28FN3O3/c1-13-20-17(14-4-5-14)9-18(23(29)30)22(28)27(20)12-19(24)21(13)26-8-2-3-16(11-26)15-6-7-25-10-15/h9,12,14-16,25H,2-8,10-11H2,1H3,(H,29,30). The van der Waals surface area contributed by atoms with E-state index < -0.39 is 17.3 Å². The third-order valence-corrected chi connectivity index (χ3v) is 7.23. The van der Waals surface area contributed by atoms with Crippen molar-refractivity contribution in [2.24, 2.45) is 11.8 Å². The number of nitrogens with zero attached hydrogens (tertiary/aromatic N) is 2. The number of aromatic nitrogens is 1. The van der Waals surface area contributed by atoms with E-state index in [0.29, 0.717) is 23.0 Å². The molecule has 0 spiro atoms. The molecule has 1 aliphatic carbocycles. The highest BCUT2D eigenvalue weighted by Crippen LogP contribution is 2.44. The Kier molecular flexibility index (Phi) is 4.81. The minimum atomic E-state index is -1.26. The Morgan fingerprint density at radius 2 is 2.03 bits per heavy atom. The number of halogens is 1. The molecule has 2 atom stereocenters. The van der Waals surface area contributed by atoms with E-state index in [1.807, 2.05) is 6.92 Å². The zero-order chi connectivity index (χ0) is 21.0. The van der Waals surface area contributed by atoms with E-state index in [2.05, 4.69) is 10.2 Å². The van der Waals surface area contributed by atoms with Gasteiger partial charge in [-0.3, -0.25) is 9.20 Å². The van der Waals surface area contributed by atoms with Crippen LogP contribution in [0.5, 0.6) is 0 Å². The van der Waals surface area contributed by atoms with Gasteiger partial charge in [0.2, 0.25) is 0 Å². The van der Waals surface area contributed by atoms with Gasteiger partial charge in [0, 0.05) is 13.1 Å². The number of carboxylic acids is 1. The van der Waals surface area contributed by atoms with Crippen LogP contribution in [0.3, 0.4) is 0 Å². The maximum Gasteiger partial charge on any atom is 0.341 e. The zero-order valence-electron chi connectivity index (χ0n) is 17.3. The first kappa shape index (κ1) is 19.5. The molecule has 0 aromatic carbocycles. The third kappa shape index (κ3) is 3.20. The van der Waals surface area contributed by atoms with Crippen LogP contribution in [0.4, 0.5) is 10.1 Å². The first-order chi connectivity index (χ1) is 14.5. The summed E-state index contributed by atoms with van der Waals surface area (Å²) in [6.45, 7) is 5.61. The summed E-state index contributed by atoms with van der Waals surface area (Å²) in [4.78, 5) is 26.5. The average molecular weight is 413 g/mol. The molecule has 30 heavy (non-hydrogen) atoms. The predicted octanol–water partition coefficient (Wildman–Crippen LogP) is 3.15. The molecule has 2 saturated heterocycles. The molecule has 2 unspecified atom stereocenters. The number of aromatic carboxylic acids is 1. The molecule has 2 aliphatic heterocycles. The molecule has 4 heterocycles. The molecule has 7 heteroatoms. The number of aryl methyl sites for hydroxylation is 1. The van der Waals surface area contributed by atoms with Gasteiger partial charge in [0.15, 0.2) is 5.82 Å². The van der Waals surface area contributed by atoms with Crippen molar-refractivity contribution in [1.82, 2.24) is 9.72 Å². The molecular weight excluding hydrogens is 385 g/mol. The molecule has 0 bridgehead atoms. The summed E-state index contributed by atoms with van der Waals surface area (Å²) in [5.74, 6) is -0.281. The molecule has 3 fully saturated rings. The van der Waals surface area contributed by atoms with Crippen molar-refractivity contribution in [1.29, 1.82) is 0 Å². The Morgan fingerprint density at radius 3 is 2.70 bits per heavy atom. The lowest BCUT2D eigenvalue weighted by Gasteiger charge is -2.38. The third-order valence-electron chi connectivity index (χ3n) is 7.23. The highest BCUT2D eigenvalue weighted by molar-refractivity contribution is 5.89. The van der Waals surface area contributed by atoms with E-state index in [-0.39, 0.29) is 11.5 Å². The van der Waals surface area contributed by atoms with Gasteiger partial charge in [0.1, 0.15) is 5.56 Å². The molecule has 0 amide bonds. The van der Waals surface area contributed by atoms with E-state index in [0.717, 1.165) is 56.6 Å². The highest BCUT2D eigenvalue weighted by Gasteiger charge is 2.33. The average Bonchev–Trinajstić information content (AvgIpc) is 3.41. The molecule has 2 N–H and O–H groups in total. The van der Waals surface area contributed by atoms with Crippen LogP contribution < -0.4 is 15.8 Å². The monoisotopic (exact) mass is 413 g/mol. The maximum atomic E-state index is 15.4. The van der Waals surface area contributed by atoms with E-state index in [9.17, 15) is 14.7 Å². The molecule has 2 aromatic rings. The zero-order valence-corrected chi connectivity index (χ0v) is 17.3. The first-order valence-electron chi connectivity index (χ1n) is 11.0. The molecule has 1 saturated carbocycles. The molecule has 5 rings (SSSR count). The van der Waals surface area contributed by atoms with Crippen molar-refractivity contribution in [3.05, 3.63) is 45.1 Å². The number of piperidine rings is 1. The van der Waals surface area contributed by atoms with Crippen LogP contribution >= 0.6 is 0 Å². The van der Waals surface area contributed by atoms with Gasteiger partial charge in [-0.1, -0.05) is 0 Å². The largest absolute Gasteiger partial charge is 0.477 e. The number of nitrogens with one attached hydrogen (secondary N) is 1.